The highest BCUT2D eigenvalue weighted by molar-refractivity contribution is 6.33. The average Bonchev–Trinajstić information content (AvgIpc) is 2.97. The van der Waals surface area contributed by atoms with Gasteiger partial charge in [0.05, 0.1) is 27.5 Å². The second-order valence-electron chi connectivity index (χ2n) is 10.3. The summed E-state index contributed by atoms with van der Waals surface area (Å²) in [6.07, 6.45) is 2.76. The van der Waals surface area contributed by atoms with E-state index >= 15 is 4.39 Å². The summed E-state index contributed by atoms with van der Waals surface area (Å²) in [5, 5.41) is 10.8. The second kappa shape index (κ2) is 12.2. The summed E-state index contributed by atoms with van der Waals surface area (Å²) >= 11 is 6.80. The smallest absolute Gasteiger partial charge is 0.219 e. The molecule has 1 N–H and O–H groups in total. The summed E-state index contributed by atoms with van der Waals surface area (Å²) in [5.74, 6) is 0.149. The lowest BCUT2D eigenvalue weighted by molar-refractivity contribution is -0.106. The zero-order valence-corrected chi connectivity index (χ0v) is 24.1. The molecule has 2 aromatic carbocycles. The Morgan fingerprint density at radius 2 is 1.90 bits per heavy atom. The number of aromatic nitrogens is 1. The number of aliphatic hydroxyl groups excluding tert-OH is 1. The van der Waals surface area contributed by atoms with Crippen LogP contribution in [-0.2, 0) is 4.79 Å². The van der Waals surface area contributed by atoms with Gasteiger partial charge in [-0.15, -0.1) is 0 Å². The third-order valence-electron chi connectivity index (χ3n) is 7.56. The minimum absolute atomic E-state index is 0.0563. The second-order valence-corrected chi connectivity index (χ2v) is 10.7. The number of halogens is 2. The number of para-hydroxylation sites is 1. The van der Waals surface area contributed by atoms with Crippen LogP contribution in [0.1, 0.15) is 31.0 Å². The lowest BCUT2D eigenvalue weighted by Crippen LogP contribution is -2.53. The number of amidine groups is 1. The maximum Gasteiger partial charge on any atom is 0.219 e. The number of piperazine rings is 1. The number of carbonyl (C=O) groups is 1. The van der Waals surface area contributed by atoms with Crippen LogP contribution in [0.25, 0.3) is 16.7 Å². The Bertz CT molecular complexity index is 1540. The quantitative estimate of drug-likeness (QED) is 0.204. The van der Waals surface area contributed by atoms with Crippen molar-refractivity contribution >= 4 is 40.9 Å². The molecule has 1 aliphatic carbocycles. The summed E-state index contributed by atoms with van der Waals surface area (Å²) < 4.78 is 15.1. The SMILES string of the molecule is C/N=C(\c1cc(Cl)c(C2=C(O)CCC=C2F)nc1N(C=O)c1ccccc1-c1ccccc1)N1CCN(C)CC1C. The van der Waals surface area contributed by atoms with E-state index in [9.17, 15) is 9.90 Å². The van der Waals surface area contributed by atoms with Gasteiger partial charge in [0.2, 0.25) is 6.41 Å². The van der Waals surface area contributed by atoms with Gasteiger partial charge in [-0.05, 0) is 44.2 Å². The van der Waals surface area contributed by atoms with Crippen LogP contribution >= 0.6 is 11.6 Å². The van der Waals surface area contributed by atoms with Gasteiger partial charge in [0.25, 0.3) is 0 Å². The van der Waals surface area contributed by atoms with E-state index in [2.05, 4.69) is 28.8 Å². The maximum atomic E-state index is 15.1. The zero-order chi connectivity index (χ0) is 29.1. The van der Waals surface area contributed by atoms with E-state index in [0.29, 0.717) is 36.5 Å². The van der Waals surface area contributed by atoms with Crippen molar-refractivity contribution in [2.45, 2.75) is 25.8 Å². The molecule has 1 aliphatic heterocycles. The Kier molecular flexibility index (Phi) is 8.52. The first-order chi connectivity index (χ1) is 19.8. The van der Waals surface area contributed by atoms with Gasteiger partial charge < -0.3 is 14.9 Å². The number of allylic oxidation sites excluding steroid dienone is 4. The molecule has 212 valence electrons. The van der Waals surface area contributed by atoms with Crippen molar-refractivity contribution in [3.05, 3.63) is 94.6 Å². The molecule has 1 saturated heterocycles. The number of amides is 1. The van der Waals surface area contributed by atoms with Crippen molar-refractivity contribution in [3.63, 3.8) is 0 Å². The van der Waals surface area contributed by atoms with E-state index in [0.717, 1.165) is 24.2 Å². The lowest BCUT2D eigenvalue weighted by Gasteiger charge is -2.40. The topological polar surface area (TPSA) is 72.3 Å². The Balaban J connectivity index is 1.75. The predicted octanol–water partition coefficient (Wildman–Crippen LogP) is 6.63. The number of carbonyl (C=O) groups excluding carboxylic acids is 1. The fourth-order valence-corrected chi connectivity index (χ4v) is 5.82. The van der Waals surface area contributed by atoms with Crippen molar-refractivity contribution in [2.75, 3.05) is 38.6 Å². The molecule has 0 bridgehead atoms. The Morgan fingerprint density at radius 1 is 1.17 bits per heavy atom. The van der Waals surface area contributed by atoms with Crippen LogP contribution < -0.4 is 4.90 Å². The fourth-order valence-electron chi connectivity index (χ4n) is 5.58. The highest BCUT2D eigenvalue weighted by Gasteiger charge is 2.31. The summed E-state index contributed by atoms with van der Waals surface area (Å²) in [4.78, 5) is 28.4. The third-order valence-corrected chi connectivity index (χ3v) is 7.85. The number of rotatable bonds is 6. The number of aliphatic imine (C=N–C) groups is 1. The van der Waals surface area contributed by atoms with Crippen LogP contribution in [0.2, 0.25) is 5.02 Å². The summed E-state index contributed by atoms with van der Waals surface area (Å²) in [6.45, 7) is 4.51. The number of pyridine rings is 1. The molecule has 5 rings (SSSR count). The molecule has 1 amide bonds. The van der Waals surface area contributed by atoms with Gasteiger partial charge in [-0.2, -0.15) is 0 Å². The maximum absolute atomic E-state index is 15.1. The Labute approximate surface area is 244 Å². The van der Waals surface area contributed by atoms with Gasteiger partial charge in [-0.1, -0.05) is 60.1 Å². The molecule has 2 aliphatic rings. The normalized spacial score (nSPS) is 18.4. The molecule has 0 spiro atoms. The first-order valence-electron chi connectivity index (χ1n) is 13.6. The zero-order valence-electron chi connectivity index (χ0n) is 23.4. The van der Waals surface area contributed by atoms with E-state index in [1.165, 1.54) is 11.0 Å². The molecule has 7 nitrogen and oxygen atoms in total. The summed E-state index contributed by atoms with van der Waals surface area (Å²) in [5.41, 5.74) is 2.88. The number of benzene rings is 2. The van der Waals surface area contributed by atoms with E-state index in [-0.39, 0.29) is 40.3 Å². The molecule has 1 aromatic heterocycles. The fraction of sp³-hybridized carbons (Fsp3) is 0.281. The molecule has 0 radical (unpaired) electrons. The molecular weight excluding hydrogens is 541 g/mol. The third kappa shape index (κ3) is 5.62. The van der Waals surface area contributed by atoms with Crippen LogP contribution in [0.5, 0.6) is 0 Å². The summed E-state index contributed by atoms with van der Waals surface area (Å²) in [7, 11) is 3.78. The standard InChI is InChI=1S/C32H33ClFN5O2/c1-21-19-37(3)16-17-38(21)31(35-2)24-18-25(33)30(29-26(34)13-9-15-28(29)41)36-32(24)39(20-40)27-14-8-7-12-23(27)22-10-5-4-6-11-22/h4-8,10-14,18,20-21,41H,9,15-17,19H2,1-3H3/b35-31+. The minimum atomic E-state index is -0.596. The van der Waals surface area contributed by atoms with Gasteiger partial charge in [0, 0.05) is 44.7 Å². The lowest BCUT2D eigenvalue weighted by atomic mass is 9.99. The van der Waals surface area contributed by atoms with Crippen molar-refractivity contribution < 1.29 is 14.3 Å². The van der Waals surface area contributed by atoms with E-state index in [1.54, 1.807) is 13.1 Å². The van der Waals surface area contributed by atoms with Crippen LogP contribution in [0, 0.1) is 0 Å². The van der Waals surface area contributed by atoms with Crippen molar-refractivity contribution in [3.8, 4) is 11.1 Å². The number of hydrogen-bond acceptors (Lipinski definition) is 5. The predicted molar refractivity (Wildman–Crippen MR) is 163 cm³/mol. The van der Waals surface area contributed by atoms with E-state index < -0.39 is 5.83 Å². The number of nitrogens with zero attached hydrogens (tertiary/aromatic N) is 5. The number of aliphatic hydroxyl groups is 1. The largest absolute Gasteiger partial charge is 0.511 e. The molecule has 1 fully saturated rings. The highest BCUT2D eigenvalue weighted by atomic mass is 35.5. The molecule has 1 unspecified atom stereocenters. The van der Waals surface area contributed by atoms with Crippen molar-refractivity contribution in [1.29, 1.82) is 0 Å². The molecule has 1 atom stereocenters. The highest BCUT2D eigenvalue weighted by Crippen LogP contribution is 2.41. The van der Waals surface area contributed by atoms with E-state index in [1.807, 2.05) is 54.6 Å². The Hall–Kier alpha value is -4.01. The average molecular weight is 574 g/mol. The Morgan fingerprint density at radius 3 is 2.59 bits per heavy atom. The van der Waals surface area contributed by atoms with Crippen LogP contribution in [0.3, 0.4) is 0 Å². The molecular formula is C32H33ClFN5O2. The minimum Gasteiger partial charge on any atom is -0.511 e. The monoisotopic (exact) mass is 573 g/mol. The van der Waals surface area contributed by atoms with Gasteiger partial charge in [0.15, 0.2) is 5.82 Å². The van der Waals surface area contributed by atoms with Gasteiger partial charge in [0.1, 0.15) is 17.4 Å². The molecule has 41 heavy (non-hydrogen) atoms. The summed E-state index contributed by atoms with van der Waals surface area (Å²) in [6, 6.07) is 19.1. The molecule has 3 aromatic rings. The molecule has 2 heterocycles. The first-order valence-corrected chi connectivity index (χ1v) is 14.0. The first kappa shape index (κ1) is 28.5. The van der Waals surface area contributed by atoms with Crippen LogP contribution in [0.4, 0.5) is 15.9 Å². The molecule has 0 saturated carbocycles. The number of anilines is 2. The van der Waals surface area contributed by atoms with Crippen molar-refractivity contribution in [2.24, 2.45) is 4.99 Å². The number of likely N-dealkylation sites (N-methyl/N-ethyl adjacent to an activating group) is 1. The van der Waals surface area contributed by atoms with Gasteiger partial charge >= 0.3 is 0 Å². The molecule has 9 heteroatoms. The van der Waals surface area contributed by atoms with Gasteiger partial charge in [-0.3, -0.25) is 14.7 Å². The van der Waals surface area contributed by atoms with E-state index in [4.69, 9.17) is 16.6 Å². The van der Waals surface area contributed by atoms with Gasteiger partial charge in [-0.25, -0.2) is 9.37 Å². The van der Waals surface area contributed by atoms with Crippen LogP contribution in [-0.4, -0.2) is 71.9 Å². The number of hydrogen-bond donors (Lipinski definition) is 1. The van der Waals surface area contributed by atoms with Crippen LogP contribution in [0.15, 0.2) is 83.3 Å². The van der Waals surface area contributed by atoms with Crippen molar-refractivity contribution in [1.82, 2.24) is 14.8 Å².